The van der Waals surface area contributed by atoms with Gasteiger partial charge in [0.1, 0.15) is 11.9 Å². The van der Waals surface area contributed by atoms with E-state index in [9.17, 15) is 12.8 Å². The summed E-state index contributed by atoms with van der Waals surface area (Å²) in [6, 6.07) is 11.8. The quantitative estimate of drug-likeness (QED) is 0.879. The largest absolute Gasteiger partial charge is 0.398 e. The molecule has 0 radical (unpaired) electrons. The highest BCUT2D eigenvalue weighted by molar-refractivity contribution is 7.90. The second-order valence-corrected chi connectivity index (χ2v) is 6.15. The molecular weight excluding hydrogens is 279 g/mol. The minimum Gasteiger partial charge on any atom is -0.398 e. The fourth-order valence-electron chi connectivity index (χ4n) is 1.82. The number of nitrogens with two attached hydrogens (primary N) is 1. The van der Waals surface area contributed by atoms with Gasteiger partial charge in [0.15, 0.2) is 9.84 Å². The normalized spacial score (nSPS) is 11.0. The Morgan fingerprint density at radius 2 is 1.85 bits per heavy atom. The van der Waals surface area contributed by atoms with Crippen molar-refractivity contribution in [3.05, 3.63) is 59.4 Å². The van der Waals surface area contributed by atoms with Crippen LogP contribution >= 0.6 is 0 Å². The van der Waals surface area contributed by atoms with Gasteiger partial charge in [-0.15, -0.1) is 0 Å². The average molecular weight is 290 g/mol. The molecule has 0 atom stereocenters. The Morgan fingerprint density at radius 1 is 1.15 bits per heavy atom. The molecule has 0 unspecified atom stereocenters. The van der Waals surface area contributed by atoms with Crippen LogP contribution in [-0.4, -0.2) is 8.42 Å². The first kappa shape index (κ1) is 14.0. The molecule has 4 nitrogen and oxygen atoms in total. The number of nitrogens with zero attached hydrogens (tertiary/aromatic N) is 1. The third-order valence-corrected chi connectivity index (χ3v) is 4.53. The van der Waals surface area contributed by atoms with Gasteiger partial charge in [-0.1, -0.05) is 24.3 Å². The molecule has 0 aliphatic carbocycles. The first-order valence-corrected chi connectivity index (χ1v) is 7.35. The van der Waals surface area contributed by atoms with Crippen LogP contribution in [0.2, 0.25) is 0 Å². The Labute approximate surface area is 116 Å². The van der Waals surface area contributed by atoms with E-state index in [1.165, 1.54) is 30.3 Å². The standard InChI is InChI=1S/C14H11FN2O2S/c15-14-10(8-16)4-3-5-11(14)9-20(18,19)13-7-2-1-6-12(13)17/h1-7H,9,17H2. The number of nitriles is 1. The van der Waals surface area contributed by atoms with E-state index >= 15 is 0 Å². The van der Waals surface area contributed by atoms with Crippen molar-refractivity contribution in [2.45, 2.75) is 10.6 Å². The Kier molecular flexibility index (Phi) is 3.72. The summed E-state index contributed by atoms with van der Waals surface area (Å²) < 4.78 is 38.4. The van der Waals surface area contributed by atoms with Crippen LogP contribution in [0.3, 0.4) is 0 Å². The van der Waals surface area contributed by atoms with Crippen LogP contribution in [-0.2, 0) is 15.6 Å². The van der Waals surface area contributed by atoms with Crippen molar-refractivity contribution in [2.24, 2.45) is 0 Å². The SMILES string of the molecule is N#Cc1cccc(CS(=O)(=O)c2ccccc2N)c1F. The van der Waals surface area contributed by atoms with Crippen LogP contribution in [0.15, 0.2) is 47.4 Å². The van der Waals surface area contributed by atoms with Gasteiger partial charge in [0.25, 0.3) is 0 Å². The van der Waals surface area contributed by atoms with Crippen molar-refractivity contribution < 1.29 is 12.8 Å². The first-order chi connectivity index (χ1) is 9.45. The summed E-state index contributed by atoms with van der Waals surface area (Å²) in [7, 11) is -3.77. The summed E-state index contributed by atoms with van der Waals surface area (Å²) in [6.07, 6.45) is 0. The van der Waals surface area contributed by atoms with E-state index < -0.39 is 21.4 Å². The molecule has 0 amide bonds. The maximum atomic E-state index is 13.9. The van der Waals surface area contributed by atoms with Crippen molar-refractivity contribution in [3.8, 4) is 6.07 Å². The number of benzene rings is 2. The molecule has 2 aromatic rings. The molecule has 0 saturated carbocycles. The summed E-state index contributed by atoms with van der Waals surface area (Å²) in [5.74, 6) is -1.35. The lowest BCUT2D eigenvalue weighted by atomic mass is 10.1. The van der Waals surface area contributed by atoms with Crippen LogP contribution in [0.4, 0.5) is 10.1 Å². The average Bonchev–Trinajstić information content (AvgIpc) is 2.41. The highest BCUT2D eigenvalue weighted by Crippen LogP contribution is 2.23. The second-order valence-electron chi connectivity index (χ2n) is 4.19. The van der Waals surface area contributed by atoms with E-state index in [0.29, 0.717) is 0 Å². The Bertz CT molecular complexity index is 795. The monoisotopic (exact) mass is 290 g/mol. The molecule has 102 valence electrons. The highest BCUT2D eigenvalue weighted by atomic mass is 32.2. The van der Waals surface area contributed by atoms with Crippen LogP contribution in [0.5, 0.6) is 0 Å². The molecule has 6 heteroatoms. The summed E-state index contributed by atoms with van der Waals surface area (Å²) in [6.45, 7) is 0. The van der Waals surface area contributed by atoms with Gasteiger partial charge < -0.3 is 5.73 Å². The molecule has 0 bridgehead atoms. The number of hydrogen-bond donors (Lipinski definition) is 1. The van der Waals surface area contributed by atoms with Gasteiger partial charge in [0, 0.05) is 5.56 Å². The van der Waals surface area contributed by atoms with E-state index in [2.05, 4.69) is 0 Å². The fraction of sp³-hybridized carbons (Fsp3) is 0.0714. The second kappa shape index (κ2) is 5.31. The summed E-state index contributed by atoms with van der Waals surface area (Å²) in [4.78, 5) is -0.0400. The molecule has 2 N–H and O–H groups in total. The molecule has 2 aromatic carbocycles. The lowest BCUT2D eigenvalue weighted by molar-refractivity contribution is 0.586. The molecule has 20 heavy (non-hydrogen) atoms. The zero-order valence-corrected chi connectivity index (χ0v) is 11.2. The van der Waals surface area contributed by atoms with Crippen LogP contribution in [0.25, 0.3) is 0 Å². The Balaban J connectivity index is 2.45. The lowest BCUT2D eigenvalue weighted by Gasteiger charge is -2.08. The predicted octanol–water partition coefficient (Wildman–Crippen LogP) is 2.25. The number of anilines is 1. The van der Waals surface area contributed by atoms with Crippen molar-refractivity contribution in [1.29, 1.82) is 5.26 Å². The fourth-order valence-corrected chi connectivity index (χ4v) is 3.32. The number of hydrogen-bond acceptors (Lipinski definition) is 4. The van der Waals surface area contributed by atoms with Crippen LogP contribution < -0.4 is 5.73 Å². The van der Waals surface area contributed by atoms with Crippen LogP contribution in [0.1, 0.15) is 11.1 Å². The van der Waals surface area contributed by atoms with E-state index in [-0.39, 0.29) is 21.7 Å². The molecule has 0 fully saturated rings. The van der Waals surface area contributed by atoms with Crippen LogP contribution in [0, 0.1) is 17.1 Å². The molecular formula is C14H11FN2O2S. The van der Waals surface area contributed by atoms with E-state index in [1.807, 2.05) is 0 Å². The smallest absolute Gasteiger partial charge is 0.184 e. The van der Waals surface area contributed by atoms with Crippen molar-refractivity contribution in [3.63, 3.8) is 0 Å². The van der Waals surface area contributed by atoms with E-state index in [0.717, 1.165) is 0 Å². The predicted molar refractivity (Wildman–Crippen MR) is 72.9 cm³/mol. The Hall–Kier alpha value is -2.39. The number of halogens is 1. The lowest BCUT2D eigenvalue weighted by Crippen LogP contribution is -2.09. The topological polar surface area (TPSA) is 84.0 Å². The highest BCUT2D eigenvalue weighted by Gasteiger charge is 2.20. The number of para-hydroxylation sites is 1. The van der Waals surface area contributed by atoms with Crippen molar-refractivity contribution in [2.75, 3.05) is 5.73 Å². The van der Waals surface area contributed by atoms with Gasteiger partial charge in [-0.05, 0) is 18.2 Å². The maximum Gasteiger partial charge on any atom is 0.184 e. The van der Waals surface area contributed by atoms with Gasteiger partial charge in [-0.2, -0.15) is 5.26 Å². The number of rotatable bonds is 3. The third kappa shape index (κ3) is 2.63. The summed E-state index contributed by atoms with van der Waals surface area (Å²) >= 11 is 0. The molecule has 0 saturated heterocycles. The summed E-state index contributed by atoms with van der Waals surface area (Å²) in [5, 5.41) is 8.74. The zero-order chi connectivity index (χ0) is 14.8. The molecule has 0 aliphatic heterocycles. The van der Waals surface area contributed by atoms with Gasteiger partial charge in [-0.25, -0.2) is 12.8 Å². The maximum absolute atomic E-state index is 13.9. The van der Waals surface area contributed by atoms with Gasteiger partial charge in [-0.3, -0.25) is 0 Å². The molecule has 0 heterocycles. The molecule has 0 spiro atoms. The number of sulfone groups is 1. The number of nitrogen functional groups attached to an aromatic ring is 1. The minimum absolute atomic E-state index is 0.0400. The summed E-state index contributed by atoms with van der Waals surface area (Å²) in [5.41, 5.74) is 5.51. The molecule has 0 aromatic heterocycles. The van der Waals surface area contributed by atoms with E-state index in [4.69, 9.17) is 11.0 Å². The molecule has 2 rings (SSSR count). The Morgan fingerprint density at radius 3 is 2.50 bits per heavy atom. The minimum atomic E-state index is -3.77. The third-order valence-electron chi connectivity index (χ3n) is 2.80. The first-order valence-electron chi connectivity index (χ1n) is 5.70. The van der Waals surface area contributed by atoms with Gasteiger partial charge >= 0.3 is 0 Å². The van der Waals surface area contributed by atoms with Gasteiger partial charge in [0.05, 0.1) is 21.9 Å². The van der Waals surface area contributed by atoms with Gasteiger partial charge in [0.2, 0.25) is 0 Å². The van der Waals surface area contributed by atoms with Crippen molar-refractivity contribution >= 4 is 15.5 Å². The van der Waals surface area contributed by atoms with E-state index in [1.54, 1.807) is 18.2 Å². The van der Waals surface area contributed by atoms with Crippen molar-refractivity contribution in [1.82, 2.24) is 0 Å². The molecule has 0 aliphatic rings. The zero-order valence-electron chi connectivity index (χ0n) is 10.4.